The molecule has 0 bridgehead atoms. The third kappa shape index (κ3) is 3.60. The molecule has 6 heteroatoms. The molecule has 0 unspecified atom stereocenters. The number of hydrogen-bond donors (Lipinski definition) is 2. The first-order valence-corrected chi connectivity index (χ1v) is 7.62. The minimum absolute atomic E-state index is 0.538. The first kappa shape index (κ1) is 15.3. The molecule has 2 N–H and O–H groups in total. The van der Waals surface area contributed by atoms with Gasteiger partial charge in [0.15, 0.2) is 0 Å². The zero-order chi connectivity index (χ0) is 16.1. The van der Waals surface area contributed by atoms with Gasteiger partial charge in [-0.05, 0) is 36.2 Å². The van der Waals surface area contributed by atoms with Crippen LogP contribution in [0.4, 0.5) is 11.6 Å². The van der Waals surface area contributed by atoms with Crippen LogP contribution < -0.4 is 10.1 Å². The fraction of sp³-hybridized carbons (Fsp3) is 0.294. The van der Waals surface area contributed by atoms with Gasteiger partial charge >= 0.3 is 0 Å². The van der Waals surface area contributed by atoms with Crippen molar-refractivity contribution in [1.82, 2.24) is 15.0 Å². The molecule has 23 heavy (non-hydrogen) atoms. The van der Waals surface area contributed by atoms with Gasteiger partial charge in [0.25, 0.3) is 0 Å². The van der Waals surface area contributed by atoms with E-state index in [1.54, 1.807) is 13.3 Å². The summed E-state index contributed by atoms with van der Waals surface area (Å²) in [6.45, 7) is 3.22. The van der Waals surface area contributed by atoms with Crippen molar-refractivity contribution in [2.75, 3.05) is 25.6 Å². The van der Waals surface area contributed by atoms with E-state index in [9.17, 15) is 0 Å². The van der Waals surface area contributed by atoms with E-state index in [4.69, 9.17) is 9.47 Å². The molecule has 120 valence electrons. The molecule has 1 aromatic carbocycles. The zero-order valence-corrected chi connectivity index (χ0v) is 13.3. The second-order valence-corrected chi connectivity index (χ2v) is 5.11. The first-order chi connectivity index (χ1) is 11.3. The molecule has 2 aromatic heterocycles. The Morgan fingerprint density at radius 2 is 2.00 bits per heavy atom. The molecule has 0 amide bonds. The van der Waals surface area contributed by atoms with Crippen LogP contribution in [0.2, 0.25) is 0 Å². The van der Waals surface area contributed by atoms with Crippen molar-refractivity contribution >= 4 is 22.7 Å². The highest BCUT2D eigenvalue weighted by Crippen LogP contribution is 2.21. The number of ether oxygens (including phenoxy) is 2. The Bertz CT molecular complexity index is 768. The minimum atomic E-state index is 0.538. The summed E-state index contributed by atoms with van der Waals surface area (Å²) in [6.07, 6.45) is 4.71. The minimum Gasteiger partial charge on any atom is -0.491 e. The fourth-order valence-corrected chi connectivity index (χ4v) is 2.30. The van der Waals surface area contributed by atoms with Gasteiger partial charge in [-0.3, -0.25) is 0 Å². The van der Waals surface area contributed by atoms with Crippen LogP contribution in [0.1, 0.15) is 12.5 Å². The molecule has 0 aliphatic rings. The first-order valence-electron chi connectivity index (χ1n) is 7.62. The smallest absolute Gasteiger partial charge is 0.227 e. The molecule has 0 radical (unpaired) electrons. The lowest BCUT2D eigenvalue weighted by molar-refractivity contribution is 0.146. The second kappa shape index (κ2) is 7.11. The van der Waals surface area contributed by atoms with Gasteiger partial charge in [-0.2, -0.15) is 0 Å². The lowest BCUT2D eigenvalue weighted by atomic mass is 10.2. The average molecular weight is 312 g/mol. The maximum Gasteiger partial charge on any atom is 0.227 e. The van der Waals surface area contributed by atoms with E-state index in [0.29, 0.717) is 19.2 Å². The molecule has 3 aromatic rings. The molecule has 0 saturated carbocycles. The number of anilines is 2. The molecule has 0 aliphatic carbocycles. The summed E-state index contributed by atoms with van der Waals surface area (Å²) in [5.74, 6) is 1.39. The highest BCUT2D eigenvalue weighted by molar-refractivity contribution is 5.79. The van der Waals surface area contributed by atoms with Crippen molar-refractivity contribution in [2.24, 2.45) is 0 Å². The topological polar surface area (TPSA) is 72.1 Å². The molecule has 6 nitrogen and oxygen atoms in total. The summed E-state index contributed by atoms with van der Waals surface area (Å²) >= 11 is 0. The Balaban J connectivity index is 1.71. The Kier molecular flexibility index (Phi) is 4.73. The Morgan fingerprint density at radius 1 is 1.17 bits per heavy atom. The lowest BCUT2D eigenvalue weighted by Gasteiger charge is -2.08. The zero-order valence-electron chi connectivity index (χ0n) is 13.3. The Hall–Kier alpha value is -2.60. The predicted molar refractivity (Wildman–Crippen MR) is 90.4 cm³/mol. The van der Waals surface area contributed by atoms with Crippen LogP contribution >= 0.6 is 0 Å². The van der Waals surface area contributed by atoms with Crippen molar-refractivity contribution in [3.63, 3.8) is 0 Å². The number of nitrogens with zero attached hydrogens (tertiary/aromatic N) is 2. The van der Waals surface area contributed by atoms with Crippen molar-refractivity contribution < 1.29 is 9.47 Å². The quantitative estimate of drug-likeness (QED) is 0.655. The van der Waals surface area contributed by atoms with E-state index in [-0.39, 0.29) is 0 Å². The van der Waals surface area contributed by atoms with E-state index >= 15 is 0 Å². The van der Waals surface area contributed by atoms with Gasteiger partial charge in [-0.25, -0.2) is 9.97 Å². The highest BCUT2D eigenvalue weighted by atomic mass is 16.5. The summed E-state index contributed by atoms with van der Waals surface area (Å²) in [6, 6.07) is 7.69. The Labute approximate surface area is 134 Å². The monoisotopic (exact) mass is 312 g/mol. The van der Waals surface area contributed by atoms with E-state index < -0.39 is 0 Å². The molecule has 0 atom stereocenters. The number of aromatic nitrogens is 3. The number of fused-ring (bicyclic) bond motifs is 1. The SMILES string of the molecule is CCc1c[nH]c2cnc(Nc3ccc(OCCOC)cc3)nc12. The molecule has 2 heterocycles. The van der Waals surface area contributed by atoms with Crippen LogP contribution in [-0.4, -0.2) is 35.3 Å². The number of aromatic amines is 1. The summed E-state index contributed by atoms with van der Waals surface area (Å²) in [4.78, 5) is 12.1. The maximum absolute atomic E-state index is 5.54. The van der Waals surface area contributed by atoms with E-state index in [1.165, 1.54) is 5.56 Å². The van der Waals surface area contributed by atoms with Crippen LogP contribution in [0, 0.1) is 0 Å². The standard InChI is InChI=1S/C17H20N4O2/c1-3-12-10-18-15-11-19-17(21-16(12)15)20-13-4-6-14(7-5-13)23-9-8-22-2/h4-7,10-11,18H,3,8-9H2,1-2H3,(H,19,20,21). The van der Waals surface area contributed by atoms with Crippen LogP contribution in [0.3, 0.4) is 0 Å². The van der Waals surface area contributed by atoms with E-state index in [2.05, 4.69) is 27.2 Å². The van der Waals surface area contributed by atoms with Gasteiger partial charge < -0.3 is 19.8 Å². The molecule has 0 aliphatic heterocycles. The van der Waals surface area contributed by atoms with Crippen LogP contribution in [0.5, 0.6) is 5.75 Å². The summed E-state index contributed by atoms with van der Waals surface area (Å²) in [5, 5.41) is 3.22. The molecule has 0 fully saturated rings. The number of H-pyrrole nitrogens is 1. The largest absolute Gasteiger partial charge is 0.491 e. The second-order valence-electron chi connectivity index (χ2n) is 5.11. The van der Waals surface area contributed by atoms with E-state index in [1.807, 2.05) is 30.5 Å². The highest BCUT2D eigenvalue weighted by Gasteiger charge is 2.06. The van der Waals surface area contributed by atoms with Crippen LogP contribution in [-0.2, 0) is 11.2 Å². The number of benzene rings is 1. The summed E-state index contributed by atoms with van der Waals surface area (Å²) in [5.41, 5.74) is 4.02. The van der Waals surface area contributed by atoms with Gasteiger partial charge in [-0.15, -0.1) is 0 Å². The predicted octanol–water partition coefficient (Wildman–Crippen LogP) is 3.29. The van der Waals surface area contributed by atoms with Gasteiger partial charge in [0, 0.05) is 19.0 Å². The summed E-state index contributed by atoms with van der Waals surface area (Å²) in [7, 11) is 1.65. The van der Waals surface area contributed by atoms with Crippen LogP contribution in [0.25, 0.3) is 11.0 Å². The number of rotatable bonds is 7. The van der Waals surface area contributed by atoms with Crippen molar-refractivity contribution in [3.05, 3.63) is 42.2 Å². The van der Waals surface area contributed by atoms with Gasteiger partial charge in [0.2, 0.25) is 5.95 Å². The van der Waals surface area contributed by atoms with Gasteiger partial charge in [-0.1, -0.05) is 6.92 Å². The van der Waals surface area contributed by atoms with Gasteiger partial charge in [0.05, 0.1) is 23.8 Å². The number of aryl methyl sites for hydroxylation is 1. The molecule has 3 rings (SSSR count). The van der Waals surface area contributed by atoms with Crippen molar-refractivity contribution in [3.8, 4) is 5.75 Å². The number of nitrogens with one attached hydrogen (secondary N) is 2. The average Bonchev–Trinajstić information content (AvgIpc) is 2.99. The third-order valence-electron chi connectivity index (χ3n) is 3.54. The van der Waals surface area contributed by atoms with Crippen LogP contribution in [0.15, 0.2) is 36.7 Å². The van der Waals surface area contributed by atoms with Crippen molar-refractivity contribution in [1.29, 1.82) is 0 Å². The number of hydrogen-bond acceptors (Lipinski definition) is 5. The fourth-order valence-electron chi connectivity index (χ4n) is 2.30. The lowest BCUT2D eigenvalue weighted by Crippen LogP contribution is -2.04. The molecular weight excluding hydrogens is 292 g/mol. The summed E-state index contributed by atoms with van der Waals surface area (Å²) < 4.78 is 10.5. The van der Waals surface area contributed by atoms with Gasteiger partial charge in [0.1, 0.15) is 12.4 Å². The van der Waals surface area contributed by atoms with E-state index in [0.717, 1.165) is 28.9 Å². The number of methoxy groups -OCH3 is 1. The molecule has 0 saturated heterocycles. The molecular formula is C17H20N4O2. The Morgan fingerprint density at radius 3 is 2.74 bits per heavy atom. The normalized spacial score (nSPS) is 10.9. The third-order valence-corrected chi connectivity index (χ3v) is 3.54. The molecule has 0 spiro atoms. The maximum atomic E-state index is 5.54. The van der Waals surface area contributed by atoms with Crippen molar-refractivity contribution in [2.45, 2.75) is 13.3 Å².